The van der Waals surface area contributed by atoms with E-state index < -0.39 is 0 Å². The summed E-state index contributed by atoms with van der Waals surface area (Å²) in [4.78, 5) is 0. The maximum Gasteiger partial charge on any atom is 0.0711 e. The van der Waals surface area contributed by atoms with Gasteiger partial charge in [0, 0.05) is 12.6 Å². The van der Waals surface area contributed by atoms with Gasteiger partial charge < -0.3 is 5.43 Å². The predicted molar refractivity (Wildman–Crippen MR) is 20.5 cm³/mol. The van der Waals surface area contributed by atoms with Crippen LogP contribution in [0.25, 0.3) is 0 Å². The van der Waals surface area contributed by atoms with Gasteiger partial charge in [0.15, 0.2) is 0 Å². The van der Waals surface area contributed by atoms with Crippen LogP contribution in [0.15, 0.2) is 5.10 Å². The van der Waals surface area contributed by atoms with Crippen molar-refractivity contribution in [3.63, 3.8) is 0 Å². The zero-order valence-corrected chi connectivity index (χ0v) is 2.81. The Balaban J connectivity index is 2.32. The summed E-state index contributed by atoms with van der Waals surface area (Å²) in [5.74, 6) is 0. The predicted octanol–water partition coefficient (Wildman–Crippen LogP) is 0.127. The zero-order valence-electron chi connectivity index (χ0n) is 2.81. The van der Waals surface area contributed by atoms with Crippen molar-refractivity contribution in [3.8, 4) is 0 Å². The molecular weight excluding hydrogens is 64.0 g/mol. The van der Waals surface area contributed by atoms with Crippen molar-refractivity contribution in [2.45, 2.75) is 6.42 Å². The molecule has 1 rings (SSSR count). The fourth-order valence-corrected chi connectivity index (χ4v) is 0.264. The minimum atomic E-state index is 0.972. The average Bonchev–Trinajstić information content (AvgIpc) is 1.76. The number of hydrogen-bond donors (Lipinski definition) is 1. The van der Waals surface area contributed by atoms with Crippen LogP contribution in [-0.2, 0) is 0 Å². The van der Waals surface area contributed by atoms with E-state index in [1.54, 1.807) is 0 Å². The molecule has 1 aliphatic heterocycles. The Labute approximate surface area is 30.9 Å². The molecule has 0 aromatic carbocycles. The van der Waals surface area contributed by atoms with E-state index in [4.69, 9.17) is 0 Å². The van der Waals surface area contributed by atoms with Gasteiger partial charge in [0.05, 0.1) is 6.54 Å². The van der Waals surface area contributed by atoms with E-state index >= 15 is 0 Å². The first kappa shape index (κ1) is 2.69. The van der Waals surface area contributed by atoms with Crippen molar-refractivity contribution in [1.82, 2.24) is 5.43 Å². The largest absolute Gasteiger partial charge is 0.305 e. The molecule has 0 saturated carbocycles. The molecule has 27 valence electrons. The molecule has 0 amide bonds. The Hall–Kier alpha value is -0.530. The van der Waals surface area contributed by atoms with Gasteiger partial charge in [0.2, 0.25) is 0 Å². The van der Waals surface area contributed by atoms with E-state index in [9.17, 15) is 0 Å². The van der Waals surface area contributed by atoms with Gasteiger partial charge >= 0.3 is 0 Å². The first-order chi connectivity index (χ1) is 2.50. The van der Waals surface area contributed by atoms with Gasteiger partial charge in [0.25, 0.3) is 0 Å². The highest BCUT2D eigenvalue weighted by Gasteiger charge is 1.84. The van der Waals surface area contributed by atoms with Gasteiger partial charge in [-0.2, -0.15) is 5.10 Å². The molecule has 0 aromatic rings. The van der Waals surface area contributed by atoms with Crippen LogP contribution in [0.4, 0.5) is 0 Å². The molecule has 0 fully saturated rings. The van der Waals surface area contributed by atoms with Gasteiger partial charge in [-0.25, -0.2) is 0 Å². The van der Waals surface area contributed by atoms with Crippen LogP contribution in [0, 0.1) is 6.54 Å². The molecule has 1 radical (unpaired) electrons. The summed E-state index contributed by atoms with van der Waals surface area (Å²) in [6.07, 6.45) is 2.79. The molecule has 0 bridgehead atoms. The lowest BCUT2D eigenvalue weighted by atomic mass is 10.5. The highest BCUT2D eigenvalue weighted by Crippen LogP contribution is 1.82. The number of hydrogen-bond acceptors (Lipinski definition) is 2. The number of hydrazone groups is 1. The van der Waals surface area contributed by atoms with Crippen LogP contribution in [0.3, 0.4) is 0 Å². The SMILES string of the molecule is [CH]1CC=NN1. The van der Waals surface area contributed by atoms with E-state index in [1.165, 1.54) is 0 Å². The van der Waals surface area contributed by atoms with Crippen LogP contribution in [0.1, 0.15) is 6.42 Å². The number of rotatable bonds is 0. The van der Waals surface area contributed by atoms with Crippen molar-refractivity contribution in [1.29, 1.82) is 0 Å². The normalized spacial score (nSPS) is 19.2. The molecule has 0 spiro atoms. The Bertz CT molecular complexity index is 42.9. The summed E-state index contributed by atoms with van der Waals surface area (Å²) in [7, 11) is 0. The van der Waals surface area contributed by atoms with E-state index in [0.29, 0.717) is 0 Å². The second-order valence-corrected chi connectivity index (χ2v) is 0.881. The van der Waals surface area contributed by atoms with Crippen molar-refractivity contribution >= 4 is 6.21 Å². The third kappa shape index (κ3) is 0.375. The molecule has 0 unspecified atom stereocenters. The molecule has 0 saturated heterocycles. The number of nitrogens with zero attached hydrogens (tertiary/aromatic N) is 1. The van der Waals surface area contributed by atoms with Crippen LogP contribution in [-0.4, -0.2) is 6.21 Å². The summed E-state index contributed by atoms with van der Waals surface area (Å²) in [6.45, 7) is 1.89. The number of nitrogens with one attached hydrogen (secondary N) is 1. The van der Waals surface area contributed by atoms with Crippen LogP contribution in [0.5, 0.6) is 0 Å². The third-order valence-corrected chi connectivity index (χ3v) is 0.480. The van der Waals surface area contributed by atoms with Gasteiger partial charge in [-0.05, 0) is 0 Å². The quantitative estimate of drug-likeness (QED) is 0.429. The maximum absolute atomic E-state index is 3.65. The first-order valence-corrected chi connectivity index (χ1v) is 1.59. The van der Waals surface area contributed by atoms with Crippen LogP contribution < -0.4 is 5.43 Å². The average molecular weight is 69.1 g/mol. The van der Waals surface area contributed by atoms with Gasteiger partial charge in [-0.3, -0.25) is 0 Å². The van der Waals surface area contributed by atoms with Crippen molar-refractivity contribution in [2.75, 3.05) is 0 Å². The molecule has 1 heterocycles. The fraction of sp³-hybridized carbons (Fsp3) is 0.333. The maximum atomic E-state index is 3.65. The summed E-state index contributed by atoms with van der Waals surface area (Å²) < 4.78 is 0. The first-order valence-electron chi connectivity index (χ1n) is 1.59. The van der Waals surface area contributed by atoms with E-state index in [0.717, 1.165) is 6.42 Å². The third-order valence-electron chi connectivity index (χ3n) is 0.480. The lowest BCUT2D eigenvalue weighted by Gasteiger charge is -1.75. The Morgan fingerprint density at radius 2 is 2.80 bits per heavy atom. The smallest absolute Gasteiger partial charge is 0.0711 e. The van der Waals surface area contributed by atoms with Gasteiger partial charge in [0.1, 0.15) is 0 Å². The minimum Gasteiger partial charge on any atom is -0.305 e. The lowest BCUT2D eigenvalue weighted by molar-refractivity contribution is 0.918. The van der Waals surface area contributed by atoms with Crippen molar-refractivity contribution in [2.24, 2.45) is 5.10 Å². The zero-order chi connectivity index (χ0) is 3.54. The van der Waals surface area contributed by atoms with Crippen LogP contribution >= 0.6 is 0 Å². The molecule has 2 heteroatoms. The summed E-state index contributed by atoms with van der Waals surface area (Å²) in [6, 6.07) is 0. The molecule has 0 atom stereocenters. The molecule has 2 nitrogen and oxygen atoms in total. The van der Waals surface area contributed by atoms with Crippen LogP contribution in [0.2, 0.25) is 0 Å². The Morgan fingerprint density at radius 3 is 3.00 bits per heavy atom. The highest BCUT2D eigenvalue weighted by atomic mass is 15.3. The Morgan fingerprint density at radius 1 is 1.80 bits per heavy atom. The second kappa shape index (κ2) is 1.06. The molecule has 5 heavy (non-hydrogen) atoms. The van der Waals surface area contributed by atoms with E-state index in [-0.39, 0.29) is 0 Å². The minimum absolute atomic E-state index is 0.972. The van der Waals surface area contributed by atoms with Gasteiger partial charge in [-0.1, -0.05) is 0 Å². The Kier molecular flexibility index (Phi) is 0.571. The topological polar surface area (TPSA) is 24.4 Å². The lowest BCUT2D eigenvalue weighted by Crippen LogP contribution is -1.88. The molecule has 0 aliphatic carbocycles. The van der Waals surface area contributed by atoms with Crippen molar-refractivity contribution < 1.29 is 0 Å². The standard InChI is InChI=1S/C3H5N2/c1-2-4-5-3-1/h2-4H,1H2. The van der Waals surface area contributed by atoms with E-state index in [1.807, 2.05) is 12.8 Å². The fourth-order valence-electron chi connectivity index (χ4n) is 0.264. The molecule has 1 aliphatic rings. The molecule has 0 aromatic heterocycles. The molecular formula is C3H5N2. The van der Waals surface area contributed by atoms with E-state index in [2.05, 4.69) is 10.5 Å². The highest BCUT2D eigenvalue weighted by molar-refractivity contribution is 5.60. The summed E-state index contributed by atoms with van der Waals surface area (Å²) >= 11 is 0. The monoisotopic (exact) mass is 69.0 g/mol. The molecule has 1 N–H and O–H groups in total. The van der Waals surface area contributed by atoms with Crippen molar-refractivity contribution in [3.05, 3.63) is 6.54 Å². The van der Waals surface area contributed by atoms with Gasteiger partial charge in [-0.15, -0.1) is 0 Å². The second-order valence-electron chi connectivity index (χ2n) is 0.881. The summed E-state index contributed by atoms with van der Waals surface area (Å²) in [5.41, 5.74) is 2.67. The summed E-state index contributed by atoms with van der Waals surface area (Å²) in [5, 5.41) is 3.65.